The fraction of sp³-hybridized carbons (Fsp3) is 0.500. The molecule has 0 saturated heterocycles. The zero-order valence-electron chi connectivity index (χ0n) is 5.66. The van der Waals surface area contributed by atoms with Gasteiger partial charge in [0.15, 0.2) is 0 Å². The van der Waals surface area contributed by atoms with Gasteiger partial charge in [0.2, 0.25) is 0 Å². The van der Waals surface area contributed by atoms with Crippen molar-refractivity contribution in [1.29, 1.82) is 0 Å². The summed E-state index contributed by atoms with van der Waals surface area (Å²) < 4.78 is 0. The van der Waals surface area contributed by atoms with E-state index in [0.29, 0.717) is 13.0 Å². The summed E-state index contributed by atoms with van der Waals surface area (Å²) in [4.78, 5) is 10.1. The fourth-order valence-electron chi connectivity index (χ4n) is 0.421. The van der Waals surface area contributed by atoms with Crippen molar-refractivity contribution in [2.75, 3.05) is 6.54 Å². The Morgan fingerprint density at radius 2 is 2.30 bits per heavy atom. The van der Waals surface area contributed by atoms with Gasteiger partial charge < -0.3 is 16.6 Å². The number of carboxylic acids is 1. The van der Waals surface area contributed by atoms with Crippen LogP contribution in [-0.2, 0) is 4.79 Å². The molecule has 0 rings (SSSR count). The Morgan fingerprint density at radius 1 is 1.70 bits per heavy atom. The van der Waals surface area contributed by atoms with E-state index in [4.69, 9.17) is 16.6 Å². The molecule has 0 fully saturated rings. The fourth-order valence-corrected chi connectivity index (χ4v) is 0.421. The third-order valence-corrected chi connectivity index (χ3v) is 0.962. The Labute approximate surface area is 59.5 Å². The Balaban J connectivity index is 3.55. The summed E-state index contributed by atoms with van der Waals surface area (Å²) in [6, 6.07) is -0.897. The Kier molecular flexibility index (Phi) is 4.53. The van der Waals surface area contributed by atoms with Gasteiger partial charge >= 0.3 is 5.97 Å². The maximum Gasteiger partial charge on any atom is 0.324 e. The SMILES string of the molecule is NCC/C=C/[C@H](N)C(=O)O. The number of hydrogen-bond acceptors (Lipinski definition) is 3. The number of hydrogen-bond donors (Lipinski definition) is 3. The second kappa shape index (κ2) is 4.96. The summed E-state index contributed by atoms with van der Waals surface area (Å²) in [7, 11) is 0. The highest BCUT2D eigenvalue weighted by Gasteiger charge is 2.04. The van der Waals surface area contributed by atoms with E-state index >= 15 is 0 Å². The van der Waals surface area contributed by atoms with Gasteiger partial charge in [0.05, 0.1) is 0 Å². The molecular formula is C6H12N2O2. The second-order valence-corrected chi connectivity index (χ2v) is 1.87. The molecule has 0 bridgehead atoms. The third kappa shape index (κ3) is 4.05. The van der Waals surface area contributed by atoms with Crippen LogP contribution in [0.15, 0.2) is 12.2 Å². The number of rotatable bonds is 4. The van der Waals surface area contributed by atoms with Gasteiger partial charge in [0, 0.05) is 0 Å². The number of carboxylic acid groups (broad SMARTS) is 1. The summed E-state index contributed by atoms with van der Waals surface area (Å²) in [6.07, 6.45) is 3.76. The first-order valence-electron chi connectivity index (χ1n) is 3.03. The zero-order chi connectivity index (χ0) is 7.98. The molecule has 0 aromatic heterocycles. The molecule has 10 heavy (non-hydrogen) atoms. The lowest BCUT2D eigenvalue weighted by Crippen LogP contribution is -2.27. The molecule has 0 aliphatic carbocycles. The number of nitrogens with two attached hydrogens (primary N) is 2. The monoisotopic (exact) mass is 144 g/mol. The van der Waals surface area contributed by atoms with E-state index < -0.39 is 12.0 Å². The minimum Gasteiger partial charge on any atom is -0.480 e. The molecule has 0 aliphatic heterocycles. The highest BCUT2D eigenvalue weighted by atomic mass is 16.4. The van der Waals surface area contributed by atoms with Crippen LogP contribution in [0.5, 0.6) is 0 Å². The molecule has 0 aliphatic rings. The Morgan fingerprint density at radius 3 is 2.70 bits per heavy atom. The third-order valence-electron chi connectivity index (χ3n) is 0.962. The van der Waals surface area contributed by atoms with E-state index in [1.807, 2.05) is 0 Å². The predicted molar refractivity (Wildman–Crippen MR) is 38.4 cm³/mol. The standard InChI is InChI=1S/C6H12N2O2/c7-4-2-1-3-5(8)6(9)10/h1,3,5H,2,4,7-8H2,(H,9,10)/b3-1+/t5-/m0/s1. The molecule has 5 N–H and O–H groups in total. The molecule has 0 radical (unpaired) electrons. The van der Waals surface area contributed by atoms with Crippen LogP contribution < -0.4 is 11.5 Å². The van der Waals surface area contributed by atoms with Crippen LogP contribution in [0.1, 0.15) is 6.42 Å². The first kappa shape index (κ1) is 9.13. The second-order valence-electron chi connectivity index (χ2n) is 1.87. The number of aliphatic carboxylic acids is 1. The van der Waals surface area contributed by atoms with Crippen LogP contribution in [0.4, 0.5) is 0 Å². The van der Waals surface area contributed by atoms with Crippen molar-refractivity contribution in [3.05, 3.63) is 12.2 Å². The van der Waals surface area contributed by atoms with Crippen LogP contribution in [0.25, 0.3) is 0 Å². The quantitative estimate of drug-likeness (QED) is 0.455. The van der Waals surface area contributed by atoms with Crippen molar-refractivity contribution in [2.24, 2.45) is 11.5 Å². The van der Waals surface area contributed by atoms with E-state index in [9.17, 15) is 4.79 Å². The van der Waals surface area contributed by atoms with Crippen LogP contribution in [0.2, 0.25) is 0 Å². The lowest BCUT2D eigenvalue weighted by atomic mass is 10.2. The largest absolute Gasteiger partial charge is 0.480 e. The van der Waals surface area contributed by atoms with Crippen molar-refractivity contribution in [3.63, 3.8) is 0 Å². The van der Waals surface area contributed by atoms with Crippen molar-refractivity contribution in [2.45, 2.75) is 12.5 Å². The molecule has 0 amide bonds. The summed E-state index contributed by atoms with van der Waals surface area (Å²) in [6.45, 7) is 0.517. The molecule has 0 aromatic carbocycles. The lowest BCUT2D eigenvalue weighted by Gasteiger charge is -1.96. The smallest absolute Gasteiger partial charge is 0.324 e. The van der Waals surface area contributed by atoms with Gasteiger partial charge in [-0.25, -0.2) is 0 Å². The maximum absolute atomic E-state index is 10.1. The van der Waals surface area contributed by atoms with Crippen molar-refractivity contribution >= 4 is 5.97 Å². The van der Waals surface area contributed by atoms with Gasteiger partial charge in [-0.2, -0.15) is 0 Å². The van der Waals surface area contributed by atoms with E-state index in [2.05, 4.69) is 0 Å². The van der Waals surface area contributed by atoms with Crippen molar-refractivity contribution in [1.82, 2.24) is 0 Å². The van der Waals surface area contributed by atoms with Gasteiger partial charge in [0.1, 0.15) is 6.04 Å². The van der Waals surface area contributed by atoms with Crippen molar-refractivity contribution < 1.29 is 9.90 Å². The van der Waals surface area contributed by atoms with Crippen LogP contribution in [0.3, 0.4) is 0 Å². The first-order chi connectivity index (χ1) is 4.68. The van der Waals surface area contributed by atoms with E-state index in [1.165, 1.54) is 6.08 Å². The highest BCUT2D eigenvalue weighted by molar-refractivity contribution is 5.75. The van der Waals surface area contributed by atoms with Gasteiger partial charge in [-0.05, 0) is 13.0 Å². The molecule has 4 heteroatoms. The average Bonchev–Trinajstić information content (AvgIpc) is 1.88. The molecular weight excluding hydrogens is 132 g/mol. The first-order valence-corrected chi connectivity index (χ1v) is 3.03. The molecule has 0 unspecified atom stereocenters. The minimum absolute atomic E-state index is 0.517. The van der Waals surface area contributed by atoms with Gasteiger partial charge in [-0.15, -0.1) is 0 Å². The van der Waals surface area contributed by atoms with Gasteiger partial charge in [0.25, 0.3) is 0 Å². The van der Waals surface area contributed by atoms with Gasteiger partial charge in [-0.1, -0.05) is 12.2 Å². The molecule has 0 spiro atoms. The summed E-state index contributed by atoms with van der Waals surface area (Å²) in [5.74, 6) is -1.02. The molecule has 58 valence electrons. The molecule has 0 saturated carbocycles. The number of carbonyl (C=O) groups is 1. The Hall–Kier alpha value is -0.870. The van der Waals surface area contributed by atoms with Crippen molar-refractivity contribution in [3.8, 4) is 0 Å². The average molecular weight is 144 g/mol. The summed E-state index contributed by atoms with van der Waals surface area (Å²) in [5.41, 5.74) is 10.3. The normalized spacial score (nSPS) is 13.8. The summed E-state index contributed by atoms with van der Waals surface area (Å²) in [5, 5.41) is 8.27. The van der Waals surface area contributed by atoms with Crippen LogP contribution in [0, 0.1) is 0 Å². The maximum atomic E-state index is 10.1. The molecule has 0 heterocycles. The highest BCUT2D eigenvalue weighted by Crippen LogP contribution is 1.84. The minimum atomic E-state index is -1.02. The molecule has 1 atom stereocenters. The molecule has 0 aromatic rings. The van der Waals surface area contributed by atoms with E-state index in [-0.39, 0.29) is 0 Å². The Bertz CT molecular complexity index is 134. The van der Waals surface area contributed by atoms with Gasteiger partial charge in [-0.3, -0.25) is 4.79 Å². The molecule has 4 nitrogen and oxygen atoms in total. The predicted octanol–water partition coefficient (Wildman–Crippen LogP) is -0.697. The zero-order valence-corrected chi connectivity index (χ0v) is 5.66. The lowest BCUT2D eigenvalue weighted by molar-refractivity contribution is -0.137. The summed E-state index contributed by atoms with van der Waals surface area (Å²) >= 11 is 0. The topological polar surface area (TPSA) is 89.3 Å². The van der Waals surface area contributed by atoms with E-state index in [0.717, 1.165) is 0 Å². The van der Waals surface area contributed by atoms with Crippen LogP contribution in [-0.4, -0.2) is 23.7 Å². The van der Waals surface area contributed by atoms with E-state index in [1.54, 1.807) is 6.08 Å². The van der Waals surface area contributed by atoms with Crippen LogP contribution >= 0.6 is 0 Å².